The lowest BCUT2D eigenvalue weighted by atomic mass is 9.76. The zero-order valence-corrected chi connectivity index (χ0v) is 19.6. The molecule has 0 spiro atoms. The molecule has 3 atom stereocenters. The quantitative estimate of drug-likeness (QED) is 0.184. The number of nitro benzene ring substituents is 1. The Bertz CT molecular complexity index is 1330. The highest BCUT2D eigenvalue weighted by atomic mass is 16.6. The number of anilines is 1. The molecule has 0 unspecified atom stereocenters. The molecule has 0 saturated carbocycles. The number of fused-ring (bicyclic) bond motifs is 3. The minimum Gasteiger partial charge on any atom is -0.500 e. The smallest absolute Gasteiger partial charge is 0.315 e. The molecule has 7 heteroatoms. The van der Waals surface area contributed by atoms with Crippen LogP contribution >= 0.6 is 0 Å². The summed E-state index contributed by atoms with van der Waals surface area (Å²) in [5.74, 6) is 0.471. The van der Waals surface area contributed by atoms with Crippen LogP contribution in [-0.4, -0.2) is 22.9 Å². The summed E-state index contributed by atoms with van der Waals surface area (Å²) in [6.07, 6.45) is 7.20. The predicted octanol–water partition coefficient (Wildman–Crippen LogP) is 6.58. The first-order chi connectivity index (χ1) is 16.9. The lowest BCUT2D eigenvalue weighted by molar-refractivity contribution is -0.386. The molecule has 0 saturated heterocycles. The maximum Gasteiger partial charge on any atom is 0.315 e. The predicted molar refractivity (Wildman–Crippen MR) is 137 cm³/mol. The molecule has 2 N–H and O–H groups in total. The second-order valence-electron chi connectivity index (χ2n) is 8.99. The van der Waals surface area contributed by atoms with Crippen LogP contribution in [0.5, 0.6) is 11.5 Å². The number of aromatic hydroxyl groups is 1. The number of benzene rings is 3. The van der Waals surface area contributed by atoms with E-state index in [-0.39, 0.29) is 18.4 Å². The summed E-state index contributed by atoms with van der Waals surface area (Å²) < 4.78 is 5.34. The van der Waals surface area contributed by atoms with E-state index in [1.165, 1.54) is 28.4 Å². The number of nitro groups is 1. The van der Waals surface area contributed by atoms with Gasteiger partial charge in [0.1, 0.15) is 0 Å². The maximum atomic E-state index is 11.3. The first-order valence-electron chi connectivity index (χ1n) is 11.8. The topological polar surface area (TPSA) is 97.0 Å². The number of phenols is 1. The number of rotatable bonds is 6. The van der Waals surface area contributed by atoms with Gasteiger partial charge < -0.3 is 15.2 Å². The van der Waals surface area contributed by atoms with Gasteiger partial charge in [-0.1, -0.05) is 42.0 Å². The van der Waals surface area contributed by atoms with Gasteiger partial charge in [0, 0.05) is 29.4 Å². The highest BCUT2D eigenvalue weighted by molar-refractivity contribution is 5.85. The maximum absolute atomic E-state index is 11.3. The van der Waals surface area contributed by atoms with E-state index in [0.29, 0.717) is 17.4 Å². The highest BCUT2D eigenvalue weighted by Crippen LogP contribution is 2.50. The monoisotopic (exact) mass is 469 g/mol. The SMILES string of the molecule is CCOc1cc(C=Nc2ccc([C@@H]3Nc4ccc(C)cc4[C@@H]4C=CC[C@@H]43)cc2)cc([N+](=O)[O-])c1O. The standard InChI is InChI=1S/C28H27N3O4/c1-3-35-26-15-18(14-25(28(26)32)31(33)34)16-29-20-10-8-19(9-11-20)27-22-6-4-5-21(22)23-13-17(2)7-12-24(23)30-27/h4-5,7-16,21-22,27,30,32H,3,6H2,1-2H3/t21-,22+,27+/m1/s1. The van der Waals surface area contributed by atoms with Gasteiger partial charge in [-0.3, -0.25) is 15.1 Å². The summed E-state index contributed by atoms with van der Waals surface area (Å²) in [6.45, 7) is 4.16. The molecule has 1 aliphatic heterocycles. The minimum absolute atomic E-state index is 0.0667. The van der Waals surface area contributed by atoms with Crippen molar-refractivity contribution in [3.63, 3.8) is 0 Å². The van der Waals surface area contributed by atoms with E-state index in [1.807, 2.05) is 12.1 Å². The number of nitrogens with one attached hydrogen (secondary N) is 1. The van der Waals surface area contributed by atoms with Crippen molar-refractivity contribution in [1.29, 1.82) is 0 Å². The molecule has 3 aromatic rings. The minimum atomic E-state index is -0.633. The zero-order valence-electron chi connectivity index (χ0n) is 19.6. The Morgan fingerprint density at radius 1 is 1.20 bits per heavy atom. The number of phenolic OH excluding ortho intramolecular Hbond substituents is 1. The van der Waals surface area contributed by atoms with Crippen LogP contribution in [0.25, 0.3) is 0 Å². The van der Waals surface area contributed by atoms with Crippen molar-refractivity contribution in [2.45, 2.75) is 32.2 Å². The summed E-state index contributed by atoms with van der Waals surface area (Å²) in [7, 11) is 0. The first kappa shape index (κ1) is 22.7. The molecule has 1 heterocycles. The van der Waals surface area contributed by atoms with Gasteiger partial charge in [0.05, 0.1) is 23.3 Å². The normalized spacial score (nSPS) is 20.3. The number of allylic oxidation sites excluding steroid dienone is 2. The summed E-state index contributed by atoms with van der Waals surface area (Å²) in [5.41, 5.74) is 5.83. The molecular weight excluding hydrogens is 442 g/mol. The Labute approximate surface area is 203 Å². The van der Waals surface area contributed by atoms with Crippen LogP contribution in [0.3, 0.4) is 0 Å². The van der Waals surface area contributed by atoms with Crippen LogP contribution in [-0.2, 0) is 0 Å². The van der Waals surface area contributed by atoms with Crippen LogP contribution in [0.15, 0.2) is 71.7 Å². The second-order valence-corrected chi connectivity index (χ2v) is 8.99. The summed E-state index contributed by atoms with van der Waals surface area (Å²) in [4.78, 5) is 15.2. The Morgan fingerprint density at radius 2 is 2.00 bits per heavy atom. The van der Waals surface area contributed by atoms with E-state index < -0.39 is 16.4 Å². The van der Waals surface area contributed by atoms with Crippen molar-refractivity contribution in [3.05, 3.63) is 99.1 Å². The molecule has 1 aliphatic carbocycles. The molecule has 3 aromatic carbocycles. The van der Waals surface area contributed by atoms with E-state index in [4.69, 9.17) is 4.74 Å². The average Bonchev–Trinajstić information content (AvgIpc) is 3.35. The molecule has 0 amide bonds. The van der Waals surface area contributed by atoms with Crippen molar-refractivity contribution < 1.29 is 14.8 Å². The Hall–Kier alpha value is -4.13. The number of ether oxygens (including phenoxy) is 1. The second kappa shape index (κ2) is 9.25. The average molecular weight is 470 g/mol. The third kappa shape index (κ3) is 4.37. The third-order valence-electron chi connectivity index (χ3n) is 6.71. The molecule has 0 radical (unpaired) electrons. The van der Waals surface area contributed by atoms with Gasteiger partial charge in [-0.15, -0.1) is 0 Å². The summed E-state index contributed by atoms with van der Waals surface area (Å²) >= 11 is 0. The number of aliphatic imine (C=N–C) groups is 1. The largest absolute Gasteiger partial charge is 0.500 e. The van der Waals surface area contributed by atoms with Crippen LogP contribution in [0.4, 0.5) is 17.1 Å². The fraction of sp³-hybridized carbons (Fsp3) is 0.250. The number of hydrogen-bond donors (Lipinski definition) is 2. The van der Waals surface area contributed by atoms with Crippen molar-refractivity contribution in [2.75, 3.05) is 11.9 Å². The highest BCUT2D eigenvalue weighted by Gasteiger charge is 2.37. The summed E-state index contributed by atoms with van der Waals surface area (Å²) in [5, 5.41) is 25.1. The lowest BCUT2D eigenvalue weighted by Gasteiger charge is -2.37. The van der Waals surface area contributed by atoms with Crippen molar-refractivity contribution in [3.8, 4) is 11.5 Å². The van der Waals surface area contributed by atoms with Gasteiger partial charge in [0.25, 0.3) is 0 Å². The Kier molecular flexibility index (Phi) is 5.99. The van der Waals surface area contributed by atoms with E-state index in [2.05, 4.69) is 59.7 Å². The molecule has 178 valence electrons. The van der Waals surface area contributed by atoms with Crippen molar-refractivity contribution >= 4 is 23.3 Å². The lowest BCUT2D eigenvalue weighted by Crippen LogP contribution is -2.29. The molecule has 0 aromatic heterocycles. The van der Waals surface area contributed by atoms with Gasteiger partial charge >= 0.3 is 5.69 Å². The molecular formula is C28H27N3O4. The Balaban J connectivity index is 1.38. The third-order valence-corrected chi connectivity index (χ3v) is 6.71. The number of nitrogens with zero attached hydrogens (tertiary/aromatic N) is 2. The molecule has 0 bridgehead atoms. The molecule has 5 rings (SSSR count). The fourth-order valence-corrected chi connectivity index (χ4v) is 5.05. The van der Waals surface area contributed by atoms with Gasteiger partial charge in [-0.05, 0) is 61.6 Å². The fourth-order valence-electron chi connectivity index (χ4n) is 5.05. The summed E-state index contributed by atoms with van der Waals surface area (Å²) in [6, 6.07) is 17.7. The van der Waals surface area contributed by atoms with Gasteiger partial charge in [-0.2, -0.15) is 0 Å². The zero-order chi connectivity index (χ0) is 24.5. The van der Waals surface area contributed by atoms with Crippen LogP contribution in [0, 0.1) is 23.0 Å². The van der Waals surface area contributed by atoms with Gasteiger partial charge in [0.15, 0.2) is 5.75 Å². The number of hydrogen-bond acceptors (Lipinski definition) is 6. The number of aryl methyl sites for hydroxylation is 1. The van der Waals surface area contributed by atoms with E-state index in [0.717, 1.165) is 12.1 Å². The van der Waals surface area contributed by atoms with Gasteiger partial charge in [0.2, 0.25) is 5.75 Å². The van der Waals surface area contributed by atoms with E-state index >= 15 is 0 Å². The molecule has 7 nitrogen and oxygen atoms in total. The van der Waals surface area contributed by atoms with E-state index in [1.54, 1.807) is 19.2 Å². The van der Waals surface area contributed by atoms with Crippen LogP contribution < -0.4 is 10.1 Å². The molecule has 35 heavy (non-hydrogen) atoms. The van der Waals surface area contributed by atoms with Crippen LogP contribution in [0.1, 0.15) is 47.6 Å². The van der Waals surface area contributed by atoms with Crippen LogP contribution in [0.2, 0.25) is 0 Å². The van der Waals surface area contributed by atoms with Gasteiger partial charge in [-0.25, -0.2) is 0 Å². The molecule has 2 aliphatic rings. The first-order valence-corrected chi connectivity index (χ1v) is 11.8. The van der Waals surface area contributed by atoms with E-state index in [9.17, 15) is 15.2 Å². The Morgan fingerprint density at radius 3 is 2.74 bits per heavy atom. The molecule has 0 fully saturated rings. The van der Waals surface area contributed by atoms with Crippen molar-refractivity contribution in [2.24, 2.45) is 10.9 Å². The van der Waals surface area contributed by atoms with Crippen molar-refractivity contribution in [1.82, 2.24) is 0 Å².